The van der Waals surface area contributed by atoms with Crippen LogP contribution >= 0.6 is 11.8 Å². The second-order valence-electron chi connectivity index (χ2n) is 10.8. The van der Waals surface area contributed by atoms with Gasteiger partial charge in [0.05, 0.1) is 39.9 Å². The molecule has 0 fully saturated rings. The Morgan fingerprint density at radius 2 is 1.33 bits per heavy atom. The van der Waals surface area contributed by atoms with Crippen molar-refractivity contribution in [2.75, 3.05) is 4.90 Å². The number of anilines is 3. The van der Waals surface area contributed by atoms with Crippen LogP contribution in [0.1, 0.15) is 11.1 Å². The largest absolute Gasteiger partial charge is 0.306 e. The average molecular weight is 568 g/mol. The van der Waals surface area contributed by atoms with Gasteiger partial charge in [0.2, 0.25) is 0 Å². The number of fused-ring (bicyclic) bond motifs is 4. The summed E-state index contributed by atoms with van der Waals surface area (Å²) < 4.78 is 0. The number of para-hydroxylation sites is 2. The summed E-state index contributed by atoms with van der Waals surface area (Å²) >= 11 is 1.81. The highest BCUT2D eigenvalue weighted by atomic mass is 32.2. The maximum Gasteiger partial charge on any atom is 0.0991 e. The maximum atomic E-state index is 9.43. The predicted molar refractivity (Wildman–Crippen MR) is 178 cm³/mol. The zero-order chi connectivity index (χ0) is 28.9. The van der Waals surface area contributed by atoms with Crippen molar-refractivity contribution in [1.82, 2.24) is 4.98 Å². The molecule has 3 nitrogen and oxygen atoms in total. The van der Waals surface area contributed by atoms with Gasteiger partial charge in [-0.15, -0.1) is 0 Å². The molecular formula is C39H25N3S. The quantitative estimate of drug-likeness (QED) is 0.213. The van der Waals surface area contributed by atoms with Gasteiger partial charge in [0.25, 0.3) is 0 Å². The highest BCUT2D eigenvalue weighted by molar-refractivity contribution is 7.99. The van der Waals surface area contributed by atoms with Crippen molar-refractivity contribution in [2.24, 2.45) is 0 Å². The van der Waals surface area contributed by atoms with Crippen molar-refractivity contribution in [3.63, 3.8) is 0 Å². The standard InChI is InChI=1S/C39H25N3S/c1-25-17-22-35(42-33-13-4-6-15-36(33)43-37-16-7-5-14-34(37)42)39-38(25)31(30-12-8-10-27-9-2-3-11-29(27)30)23-32(41-39)28-20-18-26(24-40)19-21-28/h2-23H,1H3. The molecule has 0 amide bonds. The summed E-state index contributed by atoms with van der Waals surface area (Å²) in [4.78, 5) is 10.2. The molecule has 6 aromatic carbocycles. The highest BCUT2D eigenvalue weighted by Crippen LogP contribution is 2.53. The van der Waals surface area contributed by atoms with Gasteiger partial charge in [0.1, 0.15) is 0 Å². The van der Waals surface area contributed by atoms with Crippen LogP contribution in [0.3, 0.4) is 0 Å². The Hall–Kier alpha value is -5.37. The fourth-order valence-electron chi connectivity index (χ4n) is 6.18. The normalized spacial score (nSPS) is 12.1. The minimum atomic E-state index is 0.634. The van der Waals surface area contributed by atoms with E-state index in [1.165, 1.54) is 31.7 Å². The van der Waals surface area contributed by atoms with E-state index in [1.807, 2.05) is 24.3 Å². The van der Waals surface area contributed by atoms with E-state index in [0.717, 1.165) is 44.8 Å². The molecule has 43 heavy (non-hydrogen) atoms. The molecule has 0 saturated carbocycles. The lowest BCUT2D eigenvalue weighted by atomic mass is 9.91. The van der Waals surface area contributed by atoms with Crippen LogP contribution in [-0.2, 0) is 0 Å². The average Bonchev–Trinajstić information content (AvgIpc) is 3.07. The summed E-state index contributed by atoms with van der Waals surface area (Å²) in [5.41, 5.74) is 10.3. The molecule has 0 aliphatic carbocycles. The third kappa shape index (κ3) is 4.17. The van der Waals surface area contributed by atoms with Gasteiger partial charge in [-0.3, -0.25) is 0 Å². The minimum absolute atomic E-state index is 0.634. The smallest absolute Gasteiger partial charge is 0.0991 e. The Bertz CT molecular complexity index is 2200. The Kier molecular flexibility index (Phi) is 5.99. The van der Waals surface area contributed by atoms with E-state index < -0.39 is 0 Å². The number of benzene rings is 6. The Balaban J connectivity index is 1.49. The Morgan fingerprint density at radius 3 is 2.07 bits per heavy atom. The number of aryl methyl sites for hydroxylation is 1. The van der Waals surface area contributed by atoms with Gasteiger partial charge in [0.15, 0.2) is 0 Å². The van der Waals surface area contributed by atoms with E-state index in [4.69, 9.17) is 4.98 Å². The van der Waals surface area contributed by atoms with Crippen LogP contribution in [0.2, 0.25) is 0 Å². The zero-order valence-corrected chi connectivity index (χ0v) is 24.3. The van der Waals surface area contributed by atoms with E-state index in [9.17, 15) is 5.26 Å². The van der Waals surface area contributed by atoms with Gasteiger partial charge >= 0.3 is 0 Å². The van der Waals surface area contributed by atoms with Gasteiger partial charge in [-0.2, -0.15) is 5.26 Å². The van der Waals surface area contributed by atoms with Gasteiger partial charge < -0.3 is 4.90 Å². The molecule has 7 aromatic rings. The van der Waals surface area contributed by atoms with E-state index in [1.54, 1.807) is 11.8 Å². The van der Waals surface area contributed by atoms with Crippen molar-refractivity contribution in [3.8, 4) is 28.5 Å². The van der Waals surface area contributed by atoms with Crippen LogP contribution < -0.4 is 4.90 Å². The first kappa shape index (κ1) is 25.3. The molecule has 0 N–H and O–H groups in total. The van der Waals surface area contributed by atoms with Crippen molar-refractivity contribution in [3.05, 3.63) is 145 Å². The fourth-order valence-corrected chi connectivity index (χ4v) is 7.23. The van der Waals surface area contributed by atoms with Crippen molar-refractivity contribution in [1.29, 1.82) is 5.26 Å². The second kappa shape index (κ2) is 10.2. The molecular weight excluding hydrogens is 543 g/mol. The van der Waals surface area contributed by atoms with Crippen LogP contribution in [0.25, 0.3) is 44.1 Å². The number of nitrogens with zero attached hydrogens (tertiary/aromatic N) is 3. The first-order valence-corrected chi connectivity index (χ1v) is 15.1. The Labute approximate surface area is 254 Å². The lowest BCUT2D eigenvalue weighted by Gasteiger charge is -2.33. The van der Waals surface area contributed by atoms with Gasteiger partial charge in [-0.25, -0.2) is 4.98 Å². The maximum absolute atomic E-state index is 9.43. The van der Waals surface area contributed by atoms with Crippen LogP contribution in [0.4, 0.5) is 17.1 Å². The van der Waals surface area contributed by atoms with E-state index in [-0.39, 0.29) is 0 Å². The van der Waals surface area contributed by atoms with Crippen LogP contribution in [0.15, 0.2) is 143 Å². The molecule has 0 unspecified atom stereocenters. The molecule has 4 heteroatoms. The lowest BCUT2D eigenvalue weighted by molar-refractivity contribution is 1.17. The lowest BCUT2D eigenvalue weighted by Crippen LogP contribution is -2.15. The SMILES string of the molecule is Cc1ccc(N2c3ccccc3Sc3ccccc32)c2nc(-c3ccc(C#N)cc3)cc(-c3cccc4ccccc34)c12. The van der Waals surface area contributed by atoms with E-state index in [0.29, 0.717) is 5.56 Å². The number of aromatic nitrogens is 1. The molecule has 0 bridgehead atoms. The topological polar surface area (TPSA) is 39.9 Å². The third-order valence-electron chi connectivity index (χ3n) is 8.21. The van der Waals surface area contributed by atoms with E-state index in [2.05, 4.69) is 127 Å². The summed E-state index contributed by atoms with van der Waals surface area (Å²) in [7, 11) is 0. The summed E-state index contributed by atoms with van der Waals surface area (Å²) in [6.45, 7) is 2.18. The van der Waals surface area contributed by atoms with Crippen molar-refractivity contribution < 1.29 is 0 Å². The third-order valence-corrected chi connectivity index (χ3v) is 9.34. The van der Waals surface area contributed by atoms with Crippen molar-refractivity contribution >= 4 is 50.5 Å². The molecule has 202 valence electrons. The fraction of sp³-hybridized carbons (Fsp3) is 0.0256. The number of pyridine rings is 1. The van der Waals surface area contributed by atoms with Crippen LogP contribution in [-0.4, -0.2) is 4.98 Å². The van der Waals surface area contributed by atoms with Gasteiger partial charge in [-0.05, 0) is 82.9 Å². The minimum Gasteiger partial charge on any atom is -0.306 e. The van der Waals surface area contributed by atoms with Gasteiger partial charge in [0, 0.05) is 20.7 Å². The molecule has 1 aromatic heterocycles. The molecule has 2 heterocycles. The van der Waals surface area contributed by atoms with E-state index >= 15 is 0 Å². The molecule has 0 atom stereocenters. The molecule has 0 spiro atoms. The molecule has 0 saturated heterocycles. The van der Waals surface area contributed by atoms with Crippen molar-refractivity contribution in [2.45, 2.75) is 16.7 Å². The second-order valence-corrected chi connectivity index (χ2v) is 11.9. The molecule has 0 radical (unpaired) electrons. The molecule has 8 rings (SSSR count). The number of hydrogen-bond acceptors (Lipinski definition) is 4. The predicted octanol–water partition coefficient (Wildman–Crippen LogP) is 10.8. The highest BCUT2D eigenvalue weighted by Gasteiger charge is 2.27. The molecule has 1 aliphatic rings. The summed E-state index contributed by atoms with van der Waals surface area (Å²) in [5, 5.41) is 13.0. The first-order chi connectivity index (χ1) is 21.2. The summed E-state index contributed by atoms with van der Waals surface area (Å²) in [5.74, 6) is 0. The zero-order valence-electron chi connectivity index (χ0n) is 23.5. The number of hydrogen-bond donors (Lipinski definition) is 0. The number of rotatable bonds is 3. The number of nitriles is 1. The van der Waals surface area contributed by atoms with Crippen LogP contribution in [0, 0.1) is 18.3 Å². The van der Waals surface area contributed by atoms with Gasteiger partial charge in [-0.1, -0.05) is 96.7 Å². The summed E-state index contributed by atoms with van der Waals surface area (Å²) in [6, 6.07) is 48.9. The first-order valence-electron chi connectivity index (χ1n) is 14.3. The monoisotopic (exact) mass is 567 g/mol. The summed E-state index contributed by atoms with van der Waals surface area (Å²) in [6.07, 6.45) is 0. The molecule has 1 aliphatic heterocycles. The Morgan fingerprint density at radius 1 is 0.651 bits per heavy atom. The van der Waals surface area contributed by atoms with Crippen LogP contribution in [0.5, 0.6) is 0 Å².